The molecule has 0 spiro atoms. The van der Waals surface area contributed by atoms with E-state index in [0.717, 1.165) is 22.4 Å². The van der Waals surface area contributed by atoms with Crippen molar-refractivity contribution in [3.05, 3.63) is 83.6 Å². The van der Waals surface area contributed by atoms with Crippen molar-refractivity contribution in [3.63, 3.8) is 0 Å². The van der Waals surface area contributed by atoms with E-state index in [1.807, 2.05) is 42.1 Å². The van der Waals surface area contributed by atoms with Crippen molar-refractivity contribution in [2.75, 3.05) is 5.32 Å². The number of rotatable bonds is 1. The van der Waals surface area contributed by atoms with E-state index in [-0.39, 0.29) is 6.29 Å². The number of fused-ring (bicyclic) bond motifs is 4. The summed E-state index contributed by atoms with van der Waals surface area (Å²) in [6.07, 6.45) is 11.1. The van der Waals surface area contributed by atoms with Crippen LogP contribution in [0.3, 0.4) is 0 Å². The average molecular weight is 382 g/mol. The van der Waals surface area contributed by atoms with Crippen molar-refractivity contribution < 1.29 is 0 Å². The van der Waals surface area contributed by atoms with Gasteiger partial charge in [-0.15, -0.1) is 11.3 Å². The van der Waals surface area contributed by atoms with E-state index in [2.05, 4.69) is 68.8 Å². The van der Waals surface area contributed by atoms with Crippen molar-refractivity contribution >= 4 is 56.9 Å². The Morgan fingerprint density at radius 3 is 2.21 bits per heavy atom. The molecular formula is C23H18N4S. The van der Waals surface area contributed by atoms with Crippen molar-refractivity contribution in [1.29, 1.82) is 0 Å². The van der Waals surface area contributed by atoms with Gasteiger partial charge >= 0.3 is 0 Å². The number of aromatic nitrogens is 1. The van der Waals surface area contributed by atoms with E-state index in [1.54, 1.807) is 11.3 Å². The number of aliphatic imine (C=N–C) groups is 2. The molecule has 5 rings (SSSR count). The van der Waals surface area contributed by atoms with Gasteiger partial charge in [-0.3, -0.25) is 4.99 Å². The molecule has 1 unspecified atom stereocenters. The Morgan fingerprint density at radius 2 is 1.46 bits per heavy atom. The van der Waals surface area contributed by atoms with Gasteiger partial charge in [-0.1, -0.05) is 48.6 Å². The molecule has 0 bridgehead atoms. The molecule has 4 aromatic rings. The van der Waals surface area contributed by atoms with E-state index in [1.165, 1.54) is 10.8 Å². The lowest BCUT2D eigenvalue weighted by atomic mass is 10.2. The van der Waals surface area contributed by atoms with Crippen LogP contribution in [0.4, 0.5) is 11.4 Å². The van der Waals surface area contributed by atoms with Crippen LogP contribution in [0.2, 0.25) is 0 Å². The molecule has 5 heteroatoms. The summed E-state index contributed by atoms with van der Waals surface area (Å²) in [4.78, 5) is 9.40. The van der Waals surface area contributed by atoms with Crippen LogP contribution in [-0.4, -0.2) is 17.0 Å². The fraction of sp³-hybridized carbons (Fsp3) is 0.0435. The van der Waals surface area contributed by atoms with Gasteiger partial charge < -0.3 is 9.88 Å². The number of hydrogen-bond donors (Lipinski definition) is 1. The maximum atomic E-state index is 4.84. The molecule has 2 aromatic heterocycles. The Balaban J connectivity index is 1.73. The Hall–Kier alpha value is -3.44. The minimum Gasteiger partial charge on any atom is -0.344 e. The van der Waals surface area contributed by atoms with Gasteiger partial charge in [0.15, 0.2) is 0 Å². The third-order valence-electron chi connectivity index (χ3n) is 4.73. The van der Waals surface area contributed by atoms with Gasteiger partial charge in [0.1, 0.15) is 0 Å². The third-order valence-corrected chi connectivity index (χ3v) is 5.47. The molecule has 0 fully saturated rings. The van der Waals surface area contributed by atoms with E-state index in [9.17, 15) is 0 Å². The Kier molecular flexibility index (Phi) is 4.35. The summed E-state index contributed by atoms with van der Waals surface area (Å²) in [5.41, 5.74) is 4.19. The van der Waals surface area contributed by atoms with Crippen LogP contribution in [-0.2, 0) is 0 Å². The minimum atomic E-state index is -0.290. The zero-order valence-electron chi connectivity index (χ0n) is 15.1. The van der Waals surface area contributed by atoms with E-state index in [0.29, 0.717) is 0 Å². The van der Waals surface area contributed by atoms with E-state index >= 15 is 0 Å². The average Bonchev–Trinajstić information content (AvgIpc) is 3.30. The molecule has 2 aromatic carbocycles. The molecule has 1 atom stereocenters. The van der Waals surface area contributed by atoms with Crippen molar-refractivity contribution in [2.24, 2.45) is 9.98 Å². The smallest absolute Gasteiger partial charge is 0.200 e. The summed E-state index contributed by atoms with van der Waals surface area (Å²) in [5.74, 6) is 0. The summed E-state index contributed by atoms with van der Waals surface area (Å²) in [6.45, 7) is 0. The first-order chi connectivity index (χ1) is 13.9. The lowest BCUT2D eigenvalue weighted by Gasteiger charge is -2.20. The first kappa shape index (κ1) is 16.7. The summed E-state index contributed by atoms with van der Waals surface area (Å²) < 4.78 is 2.25. The van der Waals surface area contributed by atoms with Gasteiger partial charge in [-0.2, -0.15) is 0 Å². The Bertz CT molecular complexity index is 1200. The summed E-state index contributed by atoms with van der Waals surface area (Å²) in [5, 5.41) is 10.2. The SMILES string of the molecule is C1=Nc2cscc2NC(n2c3ccccc3c3ccccc32)/N=C/C=C/C=C\1. The number of nitrogens with zero attached hydrogens (tertiary/aromatic N) is 3. The molecule has 3 heterocycles. The molecule has 1 aliphatic rings. The summed E-state index contributed by atoms with van der Waals surface area (Å²) in [6, 6.07) is 16.9. The highest BCUT2D eigenvalue weighted by atomic mass is 32.1. The number of benzene rings is 2. The molecule has 1 aliphatic heterocycles. The predicted octanol–water partition coefficient (Wildman–Crippen LogP) is 6.32. The number of para-hydroxylation sites is 2. The quantitative estimate of drug-likeness (QED) is 0.411. The first-order valence-electron chi connectivity index (χ1n) is 9.11. The lowest BCUT2D eigenvalue weighted by molar-refractivity contribution is 0.633. The number of nitrogens with one attached hydrogen (secondary N) is 1. The number of anilines is 1. The van der Waals surface area contributed by atoms with Gasteiger partial charge in [-0.05, 0) is 24.3 Å². The largest absolute Gasteiger partial charge is 0.344 e. The summed E-state index contributed by atoms with van der Waals surface area (Å²) in [7, 11) is 0. The fourth-order valence-electron chi connectivity index (χ4n) is 3.50. The molecule has 136 valence electrons. The van der Waals surface area contributed by atoms with E-state index in [4.69, 9.17) is 4.99 Å². The monoisotopic (exact) mass is 382 g/mol. The van der Waals surface area contributed by atoms with Crippen LogP contribution in [0, 0.1) is 0 Å². The molecular weight excluding hydrogens is 364 g/mol. The minimum absolute atomic E-state index is 0.290. The maximum Gasteiger partial charge on any atom is 0.200 e. The van der Waals surface area contributed by atoms with Gasteiger partial charge in [-0.25, -0.2) is 4.99 Å². The fourth-order valence-corrected chi connectivity index (χ4v) is 4.21. The zero-order chi connectivity index (χ0) is 18.8. The highest BCUT2D eigenvalue weighted by Gasteiger charge is 2.18. The van der Waals surface area contributed by atoms with Crippen molar-refractivity contribution in [2.45, 2.75) is 6.29 Å². The van der Waals surface area contributed by atoms with Gasteiger partial charge in [0.25, 0.3) is 0 Å². The molecule has 28 heavy (non-hydrogen) atoms. The second kappa shape index (κ2) is 7.29. The highest BCUT2D eigenvalue weighted by Crippen LogP contribution is 2.35. The second-order valence-corrected chi connectivity index (χ2v) is 7.18. The predicted molar refractivity (Wildman–Crippen MR) is 121 cm³/mol. The molecule has 0 saturated carbocycles. The topological polar surface area (TPSA) is 41.7 Å². The molecule has 4 nitrogen and oxygen atoms in total. The van der Waals surface area contributed by atoms with Gasteiger partial charge in [0.2, 0.25) is 6.29 Å². The molecule has 0 amide bonds. The van der Waals surface area contributed by atoms with Crippen LogP contribution in [0.5, 0.6) is 0 Å². The second-order valence-electron chi connectivity index (χ2n) is 6.44. The standard InChI is InChI=1S/C23H18N4S/c1-2-8-14-25-23(26-20-16-28-15-19(20)24-13-7-1)27-21-11-5-3-9-17(21)18-10-4-6-12-22(18)27/h1-16,23,26H/b7-1-,8-2+,24-13?,25-14+. The van der Waals surface area contributed by atoms with Crippen molar-refractivity contribution in [1.82, 2.24) is 4.57 Å². The Labute approximate surface area is 166 Å². The van der Waals surface area contributed by atoms with Gasteiger partial charge in [0.05, 0.1) is 22.4 Å². The molecule has 0 radical (unpaired) electrons. The first-order valence-corrected chi connectivity index (χ1v) is 10.1. The van der Waals surface area contributed by atoms with Gasteiger partial charge in [0, 0.05) is 34.0 Å². The van der Waals surface area contributed by atoms with E-state index < -0.39 is 0 Å². The number of thiophene rings is 1. The maximum absolute atomic E-state index is 4.84. The normalized spacial score (nSPS) is 20.1. The number of hydrogen-bond acceptors (Lipinski definition) is 4. The van der Waals surface area contributed by atoms with Crippen LogP contribution in [0.15, 0.2) is 93.6 Å². The third kappa shape index (κ3) is 2.96. The zero-order valence-corrected chi connectivity index (χ0v) is 15.9. The number of allylic oxidation sites excluding steroid dienone is 4. The summed E-state index contributed by atoms with van der Waals surface area (Å²) >= 11 is 1.63. The molecule has 1 N–H and O–H groups in total. The highest BCUT2D eigenvalue weighted by molar-refractivity contribution is 7.08. The van der Waals surface area contributed by atoms with Crippen molar-refractivity contribution in [3.8, 4) is 0 Å². The van der Waals surface area contributed by atoms with Crippen LogP contribution in [0.25, 0.3) is 21.8 Å². The van der Waals surface area contributed by atoms with Crippen LogP contribution in [0.1, 0.15) is 6.29 Å². The Morgan fingerprint density at radius 1 is 0.786 bits per heavy atom. The lowest BCUT2D eigenvalue weighted by Crippen LogP contribution is -2.16. The van der Waals surface area contributed by atoms with Crippen LogP contribution < -0.4 is 5.32 Å². The molecule has 0 aliphatic carbocycles. The molecule has 0 saturated heterocycles. The van der Waals surface area contributed by atoms with Crippen LogP contribution >= 0.6 is 11.3 Å².